The molecule has 0 radical (unpaired) electrons. The van der Waals surface area contributed by atoms with Gasteiger partial charge in [-0.05, 0) is 66.6 Å². The van der Waals surface area contributed by atoms with E-state index < -0.39 is 0 Å². The summed E-state index contributed by atoms with van der Waals surface area (Å²) in [6.45, 7) is 16.6. The van der Waals surface area contributed by atoms with Gasteiger partial charge in [0.1, 0.15) is 0 Å². The van der Waals surface area contributed by atoms with Crippen molar-refractivity contribution in [1.29, 1.82) is 0 Å². The van der Waals surface area contributed by atoms with Crippen LogP contribution >= 0.6 is 0 Å². The predicted octanol–water partition coefficient (Wildman–Crippen LogP) is 2.66. The van der Waals surface area contributed by atoms with E-state index in [4.69, 9.17) is 4.74 Å². The van der Waals surface area contributed by atoms with Gasteiger partial charge >= 0.3 is 0 Å². The number of rotatable bonds is 7. The highest BCUT2D eigenvalue weighted by Crippen LogP contribution is 2.27. The number of nitrogens with one attached hydrogen (secondary N) is 1. The zero-order valence-electron chi connectivity index (χ0n) is 13.0. The highest BCUT2D eigenvalue weighted by atomic mass is 16.5. The molecule has 1 fully saturated rings. The molecule has 3 heteroatoms. The first-order valence-electron chi connectivity index (χ1n) is 7.48. The third kappa shape index (κ3) is 6.17. The van der Waals surface area contributed by atoms with Crippen molar-refractivity contribution in [2.45, 2.75) is 65.1 Å². The molecule has 0 aromatic heterocycles. The smallest absolute Gasteiger partial charge is 0.0760 e. The lowest BCUT2D eigenvalue weighted by atomic mass is 9.99. The first kappa shape index (κ1) is 15.9. The van der Waals surface area contributed by atoms with Gasteiger partial charge < -0.3 is 10.1 Å². The lowest BCUT2D eigenvalue weighted by Crippen LogP contribution is -2.57. The van der Waals surface area contributed by atoms with Crippen molar-refractivity contribution in [3.63, 3.8) is 0 Å². The number of ether oxygens (including phenoxy) is 1. The summed E-state index contributed by atoms with van der Waals surface area (Å²) in [5, 5.41) is 3.46. The van der Waals surface area contributed by atoms with Crippen molar-refractivity contribution in [3.8, 4) is 0 Å². The molecule has 1 aliphatic heterocycles. The van der Waals surface area contributed by atoms with E-state index >= 15 is 0 Å². The van der Waals surface area contributed by atoms with Crippen LogP contribution in [0.5, 0.6) is 0 Å². The minimum absolute atomic E-state index is 0.0117. The molecule has 0 unspecified atom stereocenters. The second-order valence-electron chi connectivity index (χ2n) is 6.79. The van der Waals surface area contributed by atoms with Gasteiger partial charge in [-0.15, -0.1) is 0 Å². The Morgan fingerprint density at radius 2 is 1.61 bits per heavy atom. The molecular formula is C15H32N2O. The minimum Gasteiger partial charge on any atom is -0.367 e. The van der Waals surface area contributed by atoms with E-state index in [0.717, 1.165) is 26.2 Å². The Morgan fingerprint density at radius 3 is 2.17 bits per heavy atom. The average Bonchev–Trinajstić information content (AvgIpc) is 2.18. The highest BCUT2D eigenvalue weighted by Gasteiger charge is 2.37. The summed E-state index contributed by atoms with van der Waals surface area (Å²) in [4.78, 5) is 2.56. The van der Waals surface area contributed by atoms with Gasteiger partial charge in [0.05, 0.1) is 11.2 Å². The Kier molecular flexibility index (Phi) is 6.09. The van der Waals surface area contributed by atoms with Crippen molar-refractivity contribution >= 4 is 0 Å². The molecule has 0 atom stereocenters. The van der Waals surface area contributed by atoms with Crippen LogP contribution in [0.15, 0.2) is 0 Å². The molecule has 0 saturated carbocycles. The van der Waals surface area contributed by atoms with E-state index in [0.29, 0.717) is 0 Å². The number of hydrogen-bond donors (Lipinski definition) is 1. The third-order valence-corrected chi connectivity index (χ3v) is 3.27. The summed E-state index contributed by atoms with van der Waals surface area (Å²) >= 11 is 0. The molecule has 0 bridgehead atoms. The molecule has 0 amide bonds. The van der Waals surface area contributed by atoms with Gasteiger partial charge in [-0.2, -0.15) is 0 Å². The zero-order valence-corrected chi connectivity index (χ0v) is 13.0. The zero-order chi connectivity index (χ0) is 13.6. The number of unbranched alkanes of at least 4 members (excludes halogenated alkanes) is 1. The average molecular weight is 256 g/mol. The molecular weight excluding hydrogens is 224 g/mol. The van der Waals surface area contributed by atoms with Gasteiger partial charge in [-0.25, -0.2) is 0 Å². The fourth-order valence-corrected chi connectivity index (χ4v) is 2.99. The summed E-state index contributed by atoms with van der Waals surface area (Å²) in [6.07, 6.45) is 3.78. The second-order valence-corrected chi connectivity index (χ2v) is 6.79. The fraction of sp³-hybridized carbons (Fsp3) is 1.00. The Hall–Kier alpha value is -0.120. The van der Waals surface area contributed by atoms with Crippen molar-refractivity contribution in [1.82, 2.24) is 10.2 Å². The Labute approximate surface area is 113 Å². The lowest BCUT2D eigenvalue weighted by Gasteiger charge is -2.47. The van der Waals surface area contributed by atoms with Gasteiger partial charge in [-0.1, -0.05) is 6.92 Å². The first-order valence-corrected chi connectivity index (χ1v) is 7.48. The number of nitrogens with zero attached hydrogens (tertiary/aromatic N) is 1. The largest absolute Gasteiger partial charge is 0.367 e. The summed E-state index contributed by atoms with van der Waals surface area (Å²) in [5.74, 6) is 0. The van der Waals surface area contributed by atoms with Crippen molar-refractivity contribution in [2.75, 3.05) is 32.7 Å². The van der Waals surface area contributed by atoms with E-state index in [-0.39, 0.29) is 11.2 Å². The molecule has 1 heterocycles. The van der Waals surface area contributed by atoms with Gasteiger partial charge in [0.2, 0.25) is 0 Å². The Balaban J connectivity index is 2.21. The maximum atomic E-state index is 6.10. The Morgan fingerprint density at radius 1 is 1.00 bits per heavy atom. The molecule has 0 aliphatic carbocycles. The van der Waals surface area contributed by atoms with Crippen LogP contribution in [0.3, 0.4) is 0 Å². The molecule has 0 aromatic rings. The van der Waals surface area contributed by atoms with Crippen LogP contribution < -0.4 is 5.32 Å². The fourth-order valence-electron chi connectivity index (χ4n) is 2.99. The maximum absolute atomic E-state index is 6.10. The summed E-state index contributed by atoms with van der Waals surface area (Å²) < 4.78 is 6.10. The molecule has 3 nitrogen and oxygen atoms in total. The lowest BCUT2D eigenvalue weighted by molar-refractivity contribution is -0.180. The van der Waals surface area contributed by atoms with Crippen molar-refractivity contribution < 1.29 is 4.74 Å². The van der Waals surface area contributed by atoms with Crippen LogP contribution in [0, 0.1) is 0 Å². The van der Waals surface area contributed by atoms with Gasteiger partial charge in [-0.3, -0.25) is 4.90 Å². The minimum atomic E-state index is -0.0117. The van der Waals surface area contributed by atoms with E-state index in [1.165, 1.54) is 25.8 Å². The van der Waals surface area contributed by atoms with Crippen LogP contribution in [-0.2, 0) is 4.74 Å². The van der Waals surface area contributed by atoms with Crippen LogP contribution in [0.1, 0.15) is 53.9 Å². The van der Waals surface area contributed by atoms with Gasteiger partial charge in [0, 0.05) is 13.1 Å². The van der Waals surface area contributed by atoms with E-state index in [1.54, 1.807) is 0 Å². The highest BCUT2D eigenvalue weighted by molar-refractivity contribution is 4.88. The monoisotopic (exact) mass is 256 g/mol. The van der Waals surface area contributed by atoms with Crippen LogP contribution in [0.2, 0.25) is 0 Å². The van der Waals surface area contributed by atoms with Gasteiger partial charge in [0.15, 0.2) is 0 Å². The topological polar surface area (TPSA) is 24.5 Å². The van der Waals surface area contributed by atoms with E-state index in [2.05, 4.69) is 44.8 Å². The summed E-state index contributed by atoms with van der Waals surface area (Å²) in [5.41, 5.74) is -0.0234. The van der Waals surface area contributed by atoms with Crippen LogP contribution in [0.4, 0.5) is 0 Å². The van der Waals surface area contributed by atoms with Crippen LogP contribution in [0.25, 0.3) is 0 Å². The number of hydrogen-bond acceptors (Lipinski definition) is 3. The van der Waals surface area contributed by atoms with Crippen molar-refractivity contribution in [3.05, 3.63) is 0 Å². The maximum Gasteiger partial charge on any atom is 0.0760 e. The van der Waals surface area contributed by atoms with Crippen molar-refractivity contribution in [2.24, 2.45) is 0 Å². The second kappa shape index (κ2) is 6.88. The molecule has 0 spiro atoms. The third-order valence-electron chi connectivity index (χ3n) is 3.27. The molecule has 1 saturated heterocycles. The van der Waals surface area contributed by atoms with Gasteiger partial charge in [0.25, 0.3) is 0 Å². The standard InChI is InChI=1S/C15H32N2O/c1-6-9-16-10-7-8-11-17-12-14(2,3)18-15(4,5)13-17/h16H,6-13H2,1-5H3. The van der Waals surface area contributed by atoms with E-state index in [1.807, 2.05) is 0 Å². The Bertz CT molecular complexity index is 223. The first-order chi connectivity index (χ1) is 8.35. The molecule has 108 valence electrons. The molecule has 1 N–H and O–H groups in total. The molecule has 18 heavy (non-hydrogen) atoms. The molecule has 1 aliphatic rings. The summed E-state index contributed by atoms with van der Waals surface area (Å²) in [7, 11) is 0. The number of morpholine rings is 1. The molecule has 1 rings (SSSR count). The summed E-state index contributed by atoms with van der Waals surface area (Å²) in [6, 6.07) is 0. The quantitative estimate of drug-likeness (QED) is 0.709. The normalized spacial score (nSPS) is 23.2. The molecule has 0 aromatic carbocycles. The predicted molar refractivity (Wildman–Crippen MR) is 78.1 cm³/mol. The van der Waals surface area contributed by atoms with Crippen LogP contribution in [-0.4, -0.2) is 48.8 Å². The van der Waals surface area contributed by atoms with E-state index in [9.17, 15) is 0 Å². The SMILES string of the molecule is CCCNCCCCN1CC(C)(C)OC(C)(C)C1.